The van der Waals surface area contributed by atoms with Gasteiger partial charge in [0.25, 0.3) is 0 Å². The van der Waals surface area contributed by atoms with E-state index < -0.39 is 28.2 Å². The molecule has 0 saturated carbocycles. The van der Waals surface area contributed by atoms with E-state index in [-0.39, 0.29) is 21.0 Å². The van der Waals surface area contributed by atoms with Gasteiger partial charge < -0.3 is 9.67 Å². The van der Waals surface area contributed by atoms with Gasteiger partial charge >= 0.3 is 5.97 Å². The Balaban J connectivity index is 2.45. The summed E-state index contributed by atoms with van der Waals surface area (Å²) < 4.78 is 39.7. The number of benzene rings is 1. The Labute approximate surface area is 153 Å². The minimum absolute atomic E-state index is 0.0101. The zero-order valence-corrected chi connectivity index (χ0v) is 15.3. The first-order valence-electron chi connectivity index (χ1n) is 7.33. The first-order chi connectivity index (χ1) is 12.1. The van der Waals surface area contributed by atoms with E-state index in [9.17, 15) is 17.6 Å². The van der Waals surface area contributed by atoms with Gasteiger partial charge in [0.15, 0.2) is 15.0 Å². The highest BCUT2D eigenvalue weighted by atomic mass is 35.5. The highest BCUT2D eigenvalue weighted by Gasteiger charge is 2.23. The summed E-state index contributed by atoms with van der Waals surface area (Å²) in [6, 6.07) is 5.23. The van der Waals surface area contributed by atoms with Gasteiger partial charge in [-0.15, -0.1) is 10.2 Å². The van der Waals surface area contributed by atoms with Crippen LogP contribution in [0.25, 0.3) is 22.2 Å². The van der Waals surface area contributed by atoms with Gasteiger partial charge in [0.2, 0.25) is 0 Å². The molecule has 0 bridgehead atoms. The van der Waals surface area contributed by atoms with Crippen LogP contribution in [0.4, 0.5) is 4.39 Å². The predicted octanol–water partition coefficient (Wildman–Crippen LogP) is 2.69. The molecule has 0 saturated heterocycles. The van der Waals surface area contributed by atoms with Crippen molar-refractivity contribution in [3.8, 4) is 11.3 Å². The van der Waals surface area contributed by atoms with Gasteiger partial charge in [-0.05, 0) is 31.2 Å². The van der Waals surface area contributed by atoms with Crippen molar-refractivity contribution < 1.29 is 22.7 Å². The van der Waals surface area contributed by atoms with E-state index in [1.807, 2.05) is 0 Å². The average molecular weight is 398 g/mol. The van der Waals surface area contributed by atoms with Crippen LogP contribution < -0.4 is 0 Å². The number of hydrogen-bond donors (Lipinski definition) is 1. The Bertz CT molecular complexity index is 1140. The number of halogens is 2. The summed E-state index contributed by atoms with van der Waals surface area (Å²) in [4.78, 5) is 11.0. The van der Waals surface area contributed by atoms with Crippen LogP contribution in [0.2, 0.25) is 5.15 Å². The maximum Gasteiger partial charge on any atom is 0.323 e. The highest BCUT2D eigenvalue weighted by molar-refractivity contribution is 7.90. The molecule has 136 valence electrons. The second-order valence-electron chi connectivity index (χ2n) is 5.76. The van der Waals surface area contributed by atoms with Crippen molar-refractivity contribution in [2.75, 3.05) is 6.26 Å². The summed E-state index contributed by atoms with van der Waals surface area (Å²) in [5.74, 6) is -1.99. The van der Waals surface area contributed by atoms with Crippen molar-refractivity contribution in [1.29, 1.82) is 0 Å². The summed E-state index contributed by atoms with van der Waals surface area (Å²) in [7, 11) is -3.67. The molecule has 3 aromatic rings. The van der Waals surface area contributed by atoms with Crippen molar-refractivity contribution >= 4 is 38.3 Å². The summed E-state index contributed by atoms with van der Waals surface area (Å²) in [6.45, 7) is 1.12. The number of aromatic nitrogens is 3. The van der Waals surface area contributed by atoms with Gasteiger partial charge in [-0.2, -0.15) is 0 Å². The number of hydrogen-bond acceptors (Lipinski definition) is 5. The normalized spacial score (nSPS) is 11.8. The first kappa shape index (κ1) is 18.3. The van der Waals surface area contributed by atoms with Crippen molar-refractivity contribution in [3.05, 3.63) is 40.9 Å². The van der Waals surface area contributed by atoms with E-state index in [0.717, 1.165) is 12.3 Å². The van der Waals surface area contributed by atoms with Crippen LogP contribution >= 0.6 is 11.6 Å². The lowest BCUT2D eigenvalue weighted by Gasteiger charge is -2.06. The van der Waals surface area contributed by atoms with Gasteiger partial charge in [-0.25, -0.2) is 12.8 Å². The summed E-state index contributed by atoms with van der Waals surface area (Å²) in [5.41, 5.74) is 1.13. The molecule has 0 atom stereocenters. The number of fused-ring (bicyclic) bond motifs is 1. The Morgan fingerprint density at radius 2 is 2.00 bits per heavy atom. The lowest BCUT2D eigenvalue weighted by Crippen LogP contribution is -2.11. The fraction of sp³-hybridized carbons (Fsp3) is 0.188. The highest BCUT2D eigenvalue weighted by Crippen LogP contribution is 2.36. The lowest BCUT2D eigenvalue weighted by molar-refractivity contribution is -0.137. The quantitative estimate of drug-likeness (QED) is 0.726. The standard InChI is InChI=1S/C16H13ClFN3O4S/c1-8-15(12-3-4-13(17)20-19-12)10-5-9(26(2,24)25)6-11(18)16(10)21(8)7-14(22)23/h3-6H,7H2,1-2H3,(H,22,23). The molecule has 0 aliphatic heterocycles. The third-order valence-corrected chi connectivity index (χ3v) is 5.25. The monoisotopic (exact) mass is 397 g/mol. The summed E-state index contributed by atoms with van der Waals surface area (Å²) in [5, 5.41) is 17.3. The van der Waals surface area contributed by atoms with Gasteiger partial charge in [0.1, 0.15) is 12.4 Å². The third-order valence-electron chi connectivity index (χ3n) is 3.95. The Hall–Kier alpha value is -2.52. The third kappa shape index (κ3) is 3.15. The molecule has 0 amide bonds. The van der Waals surface area contributed by atoms with Gasteiger partial charge in [-0.1, -0.05) is 11.6 Å². The maximum atomic E-state index is 14.7. The van der Waals surface area contributed by atoms with Crippen LogP contribution in [0, 0.1) is 12.7 Å². The van der Waals surface area contributed by atoms with Crippen molar-refractivity contribution in [1.82, 2.24) is 14.8 Å². The number of carboxylic acids is 1. The fourth-order valence-corrected chi connectivity index (χ4v) is 3.61. The number of nitrogens with zero attached hydrogens (tertiary/aromatic N) is 3. The molecule has 0 unspecified atom stereocenters. The van der Waals surface area contributed by atoms with E-state index in [2.05, 4.69) is 10.2 Å². The zero-order chi connectivity index (χ0) is 19.2. The minimum atomic E-state index is -3.67. The predicted molar refractivity (Wildman–Crippen MR) is 93.4 cm³/mol. The molecule has 2 aromatic heterocycles. The van der Waals surface area contributed by atoms with Crippen LogP contribution in [-0.4, -0.2) is 40.5 Å². The van der Waals surface area contributed by atoms with E-state index in [4.69, 9.17) is 16.7 Å². The van der Waals surface area contributed by atoms with Crippen LogP contribution in [0.15, 0.2) is 29.2 Å². The Kier molecular flexibility index (Phi) is 4.45. The molecule has 26 heavy (non-hydrogen) atoms. The number of carbonyl (C=O) groups is 1. The minimum Gasteiger partial charge on any atom is -0.480 e. The van der Waals surface area contributed by atoms with E-state index in [1.165, 1.54) is 16.7 Å². The van der Waals surface area contributed by atoms with Crippen molar-refractivity contribution in [2.45, 2.75) is 18.4 Å². The number of aliphatic carboxylic acids is 1. The Morgan fingerprint density at radius 3 is 2.54 bits per heavy atom. The van der Waals surface area contributed by atoms with E-state index >= 15 is 0 Å². The molecule has 0 aliphatic carbocycles. The average Bonchev–Trinajstić information content (AvgIpc) is 2.80. The summed E-state index contributed by atoms with van der Waals surface area (Å²) >= 11 is 5.75. The molecule has 1 aromatic carbocycles. The Morgan fingerprint density at radius 1 is 1.31 bits per heavy atom. The van der Waals surface area contributed by atoms with Gasteiger partial charge in [0, 0.05) is 22.9 Å². The zero-order valence-electron chi connectivity index (χ0n) is 13.7. The maximum absolute atomic E-state index is 14.7. The molecule has 2 heterocycles. The van der Waals surface area contributed by atoms with Crippen LogP contribution in [-0.2, 0) is 21.2 Å². The van der Waals surface area contributed by atoms with E-state index in [0.29, 0.717) is 17.0 Å². The number of rotatable bonds is 4. The molecule has 10 heteroatoms. The topological polar surface area (TPSA) is 102 Å². The van der Waals surface area contributed by atoms with Crippen LogP contribution in [0.1, 0.15) is 5.69 Å². The molecular weight excluding hydrogens is 385 g/mol. The smallest absolute Gasteiger partial charge is 0.323 e. The molecule has 1 N–H and O–H groups in total. The second-order valence-corrected chi connectivity index (χ2v) is 8.16. The molecule has 3 rings (SSSR count). The van der Waals surface area contributed by atoms with E-state index in [1.54, 1.807) is 13.0 Å². The van der Waals surface area contributed by atoms with Crippen molar-refractivity contribution in [3.63, 3.8) is 0 Å². The van der Waals surface area contributed by atoms with Crippen LogP contribution in [0.3, 0.4) is 0 Å². The molecule has 0 radical (unpaired) electrons. The molecule has 0 spiro atoms. The second kappa shape index (κ2) is 6.33. The van der Waals surface area contributed by atoms with Gasteiger partial charge in [0.05, 0.1) is 16.1 Å². The van der Waals surface area contributed by atoms with Gasteiger partial charge in [-0.3, -0.25) is 4.79 Å². The number of carboxylic acid groups (broad SMARTS) is 1. The van der Waals surface area contributed by atoms with Crippen LogP contribution in [0.5, 0.6) is 0 Å². The molecule has 7 nitrogen and oxygen atoms in total. The lowest BCUT2D eigenvalue weighted by atomic mass is 10.1. The SMILES string of the molecule is Cc1c(-c2ccc(Cl)nn2)c2cc(S(C)(=O)=O)cc(F)c2n1CC(=O)O. The molecular formula is C16H13ClFN3O4S. The fourth-order valence-electron chi connectivity index (χ4n) is 2.86. The van der Waals surface area contributed by atoms with Crippen molar-refractivity contribution in [2.24, 2.45) is 0 Å². The molecule has 0 aliphatic rings. The molecule has 0 fully saturated rings. The largest absolute Gasteiger partial charge is 0.480 e. The number of sulfone groups is 1. The first-order valence-corrected chi connectivity index (χ1v) is 9.60. The summed E-state index contributed by atoms with van der Waals surface area (Å²) in [6.07, 6.45) is 0.969.